The second-order valence-corrected chi connectivity index (χ2v) is 5.89. The highest BCUT2D eigenvalue weighted by atomic mass is 79.9. The highest BCUT2D eigenvalue weighted by Crippen LogP contribution is 2.36. The van der Waals surface area contributed by atoms with E-state index in [0.717, 1.165) is 5.56 Å². The fourth-order valence-electron chi connectivity index (χ4n) is 2.02. The standard InChI is InChI=1S/C18H19BrN2O3/c1-4-24-17-15(19)9-14(10-16(17)23-3)18(22)21-20-11-13-7-5-12(2)6-8-13/h5-11H,4H2,1-3H3,(H,21,22)/b20-11-. The Bertz CT molecular complexity index is 743. The predicted octanol–water partition coefficient (Wildman–Crippen LogP) is 3.93. The minimum Gasteiger partial charge on any atom is -0.493 e. The summed E-state index contributed by atoms with van der Waals surface area (Å²) in [6, 6.07) is 11.1. The maximum absolute atomic E-state index is 12.2. The van der Waals surface area contributed by atoms with E-state index in [1.54, 1.807) is 18.3 Å². The van der Waals surface area contributed by atoms with Crippen LogP contribution in [0.2, 0.25) is 0 Å². The number of nitrogens with zero attached hydrogens (tertiary/aromatic N) is 1. The summed E-state index contributed by atoms with van der Waals surface area (Å²) in [5, 5.41) is 3.98. The van der Waals surface area contributed by atoms with Crippen molar-refractivity contribution < 1.29 is 14.3 Å². The topological polar surface area (TPSA) is 59.9 Å². The minimum atomic E-state index is -0.333. The molecule has 5 nitrogen and oxygen atoms in total. The number of amides is 1. The van der Waals surface area contributed by atoms with Gasteiger partial charge in [0.1, 0.15) is 0 Å². The van der Waals surface area contributed by atoms with Gasteiger partial charge in [0.25, 0.3) is 5.91 Å². The molecule has 0 aliphatic rings. The lowest BCUT2D eigenvalue weighted by molar-refractivity contribution is 0.0954. The molecule has 0 atom stereocenters. The van der Waals surface area contributed by atoms with Crippen LogP contribution in [0.25, 0.3) is 0 Å². The van der Waals surface area contributed by atoms with E-state index in [-0.39, 0.29) is 5.91 Å². The number of carbonyl (C=O) groups is 1. The Morgan fingerprint density at radius 3 is 2.62 bits per heavy atom. The molecule has 1 amide bonds. The zero-order valence-corrected chi connectivity index (χ0v) is 15.4. The first kappa shape index (κ1) is 18.0. The molecule has 0 heterocycles. The minimum absolute atomic E-state index is 0.333. The van der Waals surface area contributed by atoms with Gasteiger partial charge in [0.05, 0.1) is 24.4 Å². The van der Waals surface area contributed by atoms with Crippen molar-refractivity contribution >= 4 is 28.1 Å². The van der Waals surface area contributed by atoms with Crippen molar-refractivity contribution in [3.8, 4) is 11.5 Å². The molecule has 24 heavy (non-hydrogen) atoms. The van der Waals surface area contributed by atoms with Crippen molar-refractivity contribution in [1.82, 2.24) is 5.43 Å². The van der Waals surface area contributed by atoms with Gasteiger partial charge in [0, 0.05) is 5.56 Å². The van der Waals surface area contributed by atoms with Gasteiger partial charge in [-0.15, -0.1) is 0 Å². The molecule has 0 aromatic heterocycles. The Morgan fingerprint density at radius 2 is 2.00 bits per heavy atom. The molecule has 0 fully saturated rings. The van der Waals surface area contributed by atoms with E-state index in [4.69, 9.17) is 9.47 Å². The Morgan fingerprint density at radius 1 is 1.29 bits per heavy atom. The van der Waals surface area contributed by atoms with Crippen molar-refractivity contribution in [2.75, 3.05) is 13.7 Å². The highest BCUT2D eigenvalue weighted by molar-refractivity contribution is 9.10. The molecule has 1 N–H and O–H groups in total. The van der Waals surface area contributed by atoms with Crippen molar-refractivity contribution in [3.05, 3.63) is 57.6 Å². The molecule has 0 saturated carbocycles. The molecule has 0 unspecified atom stereocenters. The number of halogens is 1. The summed E-state index contributed by atoms with van der Waals surface area (Å²) < 4.78 is 11.4. The quantitative estimate of drug-likeness (QED) is 0.600. The van der Waals surface area contributed by atoms with Gasteiger partial charge >= 0.3 is 0 Å². The van der Waals surface area contributed by atoms with Gasteiger partial charge < -0.3 is 9.47 Å². The Hall–Kier alpha value is -2.34. The van der Waals surface area contributed by atoms with Crippen LogP contribution in [-0.2, 0) is 0 Å². The highest BCUT2D eigenvalue weighted by Gasteiger charge is 2.15. The summed E-state index contributed by atoms with van der Waals surface area (Å²) in [4.78, 5) is 12.2. The van der Waals surface area contributed by atoms with E-state index in [1.807, 2.05) is 38.1 Å². The van der Waals surface area contributed by atoms with E-state index >= 15 is 0 Å². The molecule has 0 bridgehead atoms. The molecular weight excluding hydrogens is 372 g/mol. The van der Waals surface area contributed by atoms with Gasteiger partial charge in [-0.1, -0.05) is 29.8 Å². The Kier molecular flexibility index (Phi) is 6.37. The van der Waals surface area contributed by atoms with Gasteiger partial charge in [0.2, 0.25) is 0 Å². The number of carbonyl (C=O) groups excluding carboxylic acids is 1. The van der Waals surface area contributed by atoms with Gasteiger partial charge in [-0.2, -0.15) is 5.10 Å². The summed E-state index contributed by atoms with van der Waals surface area (Å²) in [5.41, 5.74) is 5.00. The second-order valence-electron chi connectivity index (χ2n) is 5.03. The molecule has 0 spiro atoms. The van der Waals surface area contributed by atoms with Crippen molar-refractivity contribution in [3.63, 3.8) is 0 Å². The van der Waals surface area contributed by atoms with E-state index in [9.17, 15) is 4.79 Å². The maximum atomic E-state index is 12.2. The van der Waals surface area contributed by atoms with E-state index in [0.29, 0.717) is 28.1 Å². The third kappa shape index (κ3) is 4.58. The van der Waals surface area contributed by atoms with Crippen molar-refractivity contribution in [2.24, 2.45) is 5.10 Å². The lowest BCUT2D eigenvalue weighted by Crippen LogP contribution is -2.18. The molecule has 2 rings (SSSR count). The number of aryl methyl sites for hydroxylation is 1. The van der Waals surface area contributed by atoms with E-state index < -0.39 is 0 Å². The summed E-state index contributed by atoms with van der Waals surface area (Å²) in [6.45, 7) is 4.40. The zero-order valence-electron chi connectivity index (χ0n) is 13.8. The largest absolute Gasteiger partial charge is 0.493 e. The van der Waals surface area contributed by atoms with Crippen LogP contribution < -0.4 is 14.9 Å². The van der Waals surface area contributed by atoms with Crippen LogP contribution in [0.1, 0.15) is 28.4 Å². The van der Waals surface area contributed by atoms with Crippen LogP contribution in [0.15, 0.2) is 46.0 Å². The third-order valence-electron chi connectivity index (χ3n) is 3.24. The van der Waals surface area contributed by atoms with Crippen LogP contribution in [0.4, 0.5) is 0 Å². The molecule has 0 radical (unpaired) electrons. The fraction of sp³-hybridized carbons (Fsp3) is 0.222. The summed E-state index contributed by atoms with van der Waals surface area (Å²) in [5.74, 6) is 0.721. The number of methoxy groups -OCH3 is 1. The molecular formula is C18H19BrN2O3. The van der Waals surface area contributed by atoms with Crippen molar-refractivity contribution in [2.45, 2.75) is 13.8 Å². The monoisotopic (exact) mass is 390 g/mol. The first-order chi connectivity index (χ1) is 11.5. The zero-order chi connectivity index (χ0) is 17.5. The van der Waals surface area contributed by atoms with Gasteiger partial charge in [0.15, 0.2) is 11.5 Å². The first-order valence-electron chi connectivity index (χ1n) is 7.45. The van der Waals surface area contributed by atoms with Crippen LogP contribution in [0.3, 0.4) is 0 Å². The SMILES string of the molecule is CCOc1c(Br)cc(C(=O)N/N=C\c2ccc(C)cc2)cc1OC. The number of benzene rings is 2. The fourth-order valence-corrected chi connectivity index (χ4v) is 2.57. The van der Waals surface area contributed by atoms with Crippen LogP contribution in [0.5, 0.6) is 11.5 Å². The van der Waals surface area contributed by atoms with E-state index in [1.165, 1.54) is 12.7 Å². The lowest BCUT2D eigenvalue weighted by atomic mass is 10.2. The number of hydrazone groups is 1. The average Bonchev–Trinajstić information content (AvgIpc) is 2.58. The number of ether oxygens (including phenoxy) is 2. The number of nitrogens with one attached hydrogen (secondary N) is 1. The number of hydrogen-bond acceptors (Lipinski definition) is 4. The molecule has 2 aromatic rings. The van der Waals surface area contributed by atoms with Gasteiger partial charge in [-0.3, -0.25) is 4.79 Å². The predicted molar refractivity (Wildman–Crippen MR) is 98.1 cm³/mol. The molecule has 6 heteroatoms. The van der Waals surface area contributed by atoms with E-state index in [2.05, 4.69) is 26.5 Å². The third-order valence-corrected chi connectivity index (χ3v) is 3.83. The first-order valence-corrected chi connectivity index (χ1v) is 8.24. The summed E-state index contributed by atoms with van der Waals surface area (Å²) in [7, 11) is 1.53. The average molecular weight is 391 g/mol. The van der Waals surface area contributed by atoms with Crippen LogP contribution >= 0.6 is 15.9 Å². The Labute approximate surface area is 149 Å². The van der Waals surface area contributed by atoms with Crippen LogP contribution in [0, 0.1) is 6.92 Å². The summed E-state index contributed by atoms with van der Waals surface area (Å²) in [6.07, 6.45) is 1.60. The molecule has 2 aromatic carbocycles. The maximum Gasteiger partial charge on any atom is 0.271 e. The van der Waals surface area contributed by atoms with Gasteiger partial charge in [-0.05, 0) is 47.5 Å². The lowest BCUT2D eigenvalue weighted by Gasteiger charge is -2.12. The van der Waals surface area contributed by atoms with Crippen molar-refractivity contribution in [1.29, 1.82) is 0 Å². The normalized spacial score (nSPS) is 10.7. The molecule has 126 valence electrons. The van der Waals surface area contributed by atoms with Gasteiger partial charge in [-0.25, -0.2) is 5.43 Å². The summed E-state index contributed by atoms with van der Waals surface area (Å²) >= 11 is 3.40. The second kappa shape index (κ2) is 8.49. The number of rotatable bonds is 6. The van der Waals surface area contributed by atoms with Crippen LogP contribution in [-0.4, -0.2) is 25.8 Å². The molecule has 0 aliphatic carbocycles. The smallest absolute Gasteiger partial charge is 0.271 e. The molecule has 0 saturated heterocycles. The molecule has 0 aliphatic heterocycles. The number of hydrogen-bond donors (Lipinski definition) is 1. The Balaban J connectivity index is 2.12.